The molecule has 0 radical (unpaired) electrons. The molecule has 0 aromatic carbocycles. The number of amides is 2. The predicted octanol–water partition coefficient (Wildman–Crippen LogP) is 1.50. The van der Waals surface area contributed by atoms with Gasteiger partial charge < -0.3 is 15.4 Å². The van der Waals surface area contributed by atoms with Gasteiger partial charge in [-0.2, -0.15) is 5.10 Å². The number of carbonyl (C=O) groups excluding carboxylic acids is 4. The number of nitrogens with one attached hydrogen (secondary N) is 2. The Hall–Kier alpha value is -2.71. The van der Waals surface area contributed by atoms with Crippen molar-refractivity contribution in [3.8, 4) is 0 Å². The van der Waals surface area contributed by atoms with Crippen LogP contribution in [-0.2, 0) is 32.1 Å². The third-order valence-corrected chi connectivity index (χ3v) is 4.76. The Balaban J connectivity index is 2.10. The minimum atomic E-state index is -0.818. The van der Waals surface area contributed by atoms with Crippen molar-refractivity contribution in [1.29, 1.82) is 0 Å². The highest BCUT2D eigenvalue weighted by Crippen LogP contribution is 2.18. The maximum absolute atomic E-state index is 13.0. The SMILES string of the molecule is CC(C)C(NC(=O)OCC(C)(C)C)C(=O)CC1Cc2cnn(c2)CCNC(=O)C1=O. The van der Waals surface area contributed by atoms with Crippen molar-refractivity contribution in [3.63, 3.8) is 0 Å². The van der Waals surface area contributed by atoms with Gasteiger partial charge in [-0.15, -0.1) is 0 Å². The Morgan fingerprint density at radius 2 is 2.03 bits per heavy atom. The van der Waals surface area contributed by atoms with Gasteiger partial charge in [0.25, 0.3) is 5.91 Å². The van der Waals surface area contributed by atoms with E-state index in [0.717, 1.165) is 5.56 Å². The summed E-state index contributed by atoms with van der Waals surface area (Å²) in [5.41, 5.74) is 0.587. The van der Waals surface area contributed by atoms with Gasteiger partial charge in [-0.3, -0.25) is 19.1 Å². The van der Waals surface area contributed by atoms with Gasteiger partial charge in [0.1, 0.15) is 0 Å². The fourth-order valence-corrected chi connectivity index (χ4v) is 3.17. The van der Waals surface area contributed by atoms with Crippen LogP contribution < -0.4 is 10.6 Å². The minimum absolute atomic E-state index is 0.153. The van der Waals surface area contributed by atoms with E-state index in [1.165, 1.54) is 0 Å². The molecule has 0 saturated heterocycles. The first-order chi connectivity index (χ1) is 14.0. The van der Waals surface area contributed by atoms with Gasteiger partial charge in [-0.1, -0.05) is 34.6 Å². The van der Waals surface area contributed by atoms with Crippen molar-refractivity contribution in [2.75, 3.05) is 13.2 Å². The second-order valence-electron chi connectivity index (χ2n) is 9.31. The number of carbonyl (C=O) groups is 4. The summed E-state index contributed by atoms with van der Waals surface area (Å²) in [5.74, 6) is -2.66. The summed E-state index contributed by atoms with van der Waals surface area (Å²) in [6, 6.07) is -0.813. The third-order valence-electron chi connectivity index (χ3n) is 4.76. The average Bonchev–Trinajstić information content (AvgIpc) is 3.08. The Morgan fingerprint density at radius 3 is 2.67 bits per heavy atom. The molecule has 1 aromatic rings. The number of ether oxygens (including phenoxy) is 1. The van der Waals surface area contributed by atoms with E-state index >= 15 is 0 Å². The molecule has 1 aromatic heterocycles. The molecule has 0 saturated carbocycles. The van der Waals surface area contributed by atoms with E-state index in [1.807, 2.05) is 27.0 Å². The number of rotatable bonds is 6. The lowest BCUT2D eigenvalue weighted by Crippen LogP contribution is -2.47. The Morgan fingerprint density at radius 1 is 1.33 bits per heavy atom. The van der Waals surface area contributed by atoms with E-state index < -0.39 is 29.7 Å². The van der Waals surface area contributed by atoms with Gasteiger partial charge in [0.2, 0.25) is 5.78 Å². The fourth-order valence-electron chi connectivity index (χ4n) is 3.17. The van der Waals surface area contributed by atoms with Crippen molar-refractivity contribution in [2.45, 2.75) is 60.0 Å². The summed E-state index contributed by atoms with van der Waals surface area (Å²) in [7, 11) is 0. The summed E-state index contributed by atoms with van der Waals surface area (Å²) >= 11 is 0. The Kier molecular flexibility index (Phi) is 7.75. The number of alkyl carbamates (subject to hydrolysis) is 1. The summed E-state index contributed by atoms with van der Waals surface area (Å²) < 4.78 is 6.90. The van der Waals surface area contributed by atoms with Crippen LogP contribution >= 0.6 is 0 Å². The van der Waals surface area contributed by atoms with Gasteiger partial charge >= 0.3 is 6.09 Å². The number of fused-ring (bicyclic) bond motifs is 2. The molecule has 2 unspecified atom stereocenters. The van der Waals surface area contributed by atoms with Gasteiger partial charge in [-0.25, -0.2) is 4.79 Å². The molecular weight excluding hydrogens is 388 g/mol. The average molecular weight is 421 g/mol. The number of ketones is 2. The van der Waals surface area contributed by atoms with Crippen LogP contribution in [0.15, 0.2) is 12.4 Å². The lowest BCUT2D eigenvalue weighted by Gasteiger charge is -2.24. The van der Waals surface area contributed by atoms with Gasteiger partial charge in [-0.05, 0) is 23.3 Å². The molecule has 1 aliphatic rings. The van der Waals surface area contributed by atoms with Crippen LogP contribution in [-0.4, -0.2) is 52.5 Å². The van der Waals surface area contributed by atoms with Gasteiger partial charge in [0.15, 0.2) is 5.78 Å². The molecule has 2 atom stereocenters. The standard InChI is InChI=1S/C21H32N4O5/c1-13(2)17(24-20(29)30-12-21(3,4)5)16(26)9-15-8-14-10-23-25(11-14)7-6-22-19(28)18(15)27/h10-11,13,15,17H,6-9,12H2,1-5H3,(H,22,28)(H,24,29). The smallest absolute Gasteiger partial charge is 0.407 e. The quantitative estimate of drug-likeness (QED) is 0.673. The molecule has 2 rings (SSSR count). The fraction of sp³-hybridized carbons (Fsp3) is 0.667. The minimum Gasteiger partial charge on any atom is -0.449 e. The first kappa shape index (κ1) is 23.6. The molecule has 9 nitrogen and oxygen atoms in total. The van der Waals surface area contributed by atoms with Crippen molar-refractivity contribution < 1.29 is 23.9 Å². The van der Waals surface area contributed by atoms with E-state index in [-0.39, 0.29) is 43.1 Å². The zero-order valence-electron chi connectivity index (χ0n) is 18.4. The molecule has 0 fully saturated rings. The topological polar surface area (TPSA) is 119 Å². The summed E-state index contributed by atoms with van der Waals surface area (Å²) in [4.78, 5) is 50.0. The van der Waals surface area contributed by atoms with Crippen LogP contribution in [0.1, 0.15) is 46.6 Å². The highest BCUT2D eigenvalue weighted by molar-refractivity contribution is 6.37. The molecule has 166 valence electrons. The van der Waals surface area contributed by atoms with Crippen molar-refractivity contribution >= 4 is 23.6 Å². The number of aromatic nitrogens is 2. The third kappa shape index (κ3) is 6.96. The van der Waals surface area contributed by atoms with Crippen LogP contribution in [0.2, 0.25) is 0 Å². The van der Waals surface area contributed by atoms with Crippen molar-refractivity contribution in [3.05, 3.63) is 18.0 Å². The number of hydrogen-bond donors (Lipinski definition) is 2. The second-order valence-corrected chi connectivity index (χ2v) is 9.31. The van der Waals surface area contributed by atoms with Crippen molar-refractivity contribution in [1.82, 2.24) is 20.4 Å². The molecule has 1 aliphatic heterocycles. The van der Waals surface area contributed by atoms with Crippen LogP contribution in [0.3, 0.4) is 0 Å². The normalized spacial score (nSPS) is 18.5. The zero-order valence-corrected chi connectivity index (χ0v) is 18.4. The summed E-state index contributed by atoms with van der Waals surface area (Å²) in [6.45, 7) is 10.4. The largest absolute Gasteiger partial charge is 0.449 e. The summed E-state index contributed by atoms with van der Waals surface area (Å²) in [5, 5.41) is 9.39. The lowest BCUT2D eigenvalue weighted by atomic mass is 9.86. The summed E-state index contributed by atoms with van der Waals surface area (Å²) in [6.07, 6.45) is 2.86. The lowest BCUT2D eigenvalue weighted by molar-refractivity contribution is -0.141. The van der Waals surface area contributed by atoms with Crippen LogP contribution in [0, 0.1) is 17.3 Å². The van der Waals surface area contributed by atoms with E-state index in [1.54, 1.807) is 24.7 Å². The molecule has 0 aliphatic carbocycles. The van der Waals surface area contributed by atoms with E-state index in [0.29, 0.717) is 6.54 Å². The number of hydrogen-bond acceptors (Lipinski definition) is 6. The molecule has 2 N–H and O–H groups in total. The van der Waals surface area contributed by atoms with E-state index in [4.69, 9.17) is 4.74 Å². The van der Waals surface area contributed by atoms with Crippen molar-refractivity contribution in [2.24, 2.45) is 17.3 Å². The van der Waals surface area contributed by atoms with Crippen LogP contribution in [0.4, 0.5) is 4.79 Å². The van der Waals surface area contributed by atoms with Gasteiger partial charge in [0.05, 0.1) is 25.4 Å². The molecule has 2 amide bonds. The van der Waals surface area contributed by atoms with E-state index in [9.17, 15) is 19.2 Å². The molecule has 2 bridgehead atoms. The van der Waals surface area contributed by atoms with Gasteiger partial charge in [0, 0.05) is 25.1 Å². The maximum atomic E-state index is 13.0. The highest BCUT2D eigenvalue weighted by atomic mass is 16.5. The predicted molar refractivity (Wildman–Crippen MR) is 110 cm³/mol. The maximum Gasteiger partial charge on any atom is 0.407 e. The zero-order chi connectivity index (χ0) is 22.5. The molecule has 0 spiro atoms. The Labute approximate surface area is 176 Å². The molecular formula is C21H32N4O5. The Bertz CT molecular complexity index is 794. The first-order valence-electron chi connectivity index (χ1n) is 10.3. The highest BCUT2D eigenvalue weighted by Gasteiger charge is 2.33. The second kappa shape index (κ2) is 9.86. The monoisotopic (exact) mass is 420 g/mol. The van der Waals surface area contributed by atoms with Crippen LogP contribution in [0.5, 0.6) is 0 Å². The molecule has 2 heterocycles. The number of nitrogens with zero attached hydrogens (tertiary/aromatic N) is 2. The molecule has 9 heteroatoms. The number of Topliss-reactive ketones (excluding diaryl/α,β-unsaturated/α-hetero) is 2. The van der Waals surface area contributed by atoms with Crippen LogP contribution in [0.25, 0.3) is 0 Å². The first-order valence-corrected chi connectivity index (χ1v) is 10.3. The van der Waals surface area contributed by atoms with E-state index in [2.05, 4.69) is 15.7 Å². The molecule has 30 heavy (non-hydrogen) atoms.